The van der Waals surface area contributed by atoms with E-state index in [0.29, 0.717) is 25.7 Å². The zero-order chi connectivity index (χ0) is 39.5. The summed E-state index contributed by atoms with van der Waals surface area (Å²) in [6.07, 6.45) is -4.90. The van der Waals surface area contributed by atoms with E-state index in [1.807, 2.05) is 6.92 Å². The molecule has 6 aliphatic rings. The molecule has 54 heavy (non-hydrogen) atoms. The van der Waals surface area contributed by atoms with Crippen molar-refractivity contribution in [3.8, 4) is 0 Å². The van der Waals surface area contributed by atoms with Crippen molar-refractivity contribution in [1.29, 1.82) is 0 Å². The van der Waals surface area contributed by atoms with Gasteiger partial charge in [-0.2, -0.15) is 0 Å². The van der Waals surface area contributed by atoms with Gasteiger partial charge in [0, 0.05) is 25.4 Å². The molecule has 2 saturated heterocycles. The maximum absolute atomic E-state index is 12.6. The van der Waals surface area contributed by atoms with Crippen molar-refractivity contribution in [2.24, 2.45) is 52.3 Å². The minimum atomic E-state index is -1.36. The van der Waals surface area contributed by atoms with Crippen LogP contribution in [0.3, 0.4) is 0 Å². The molecule has 21 atom stereocenters. The molecular weight excluding hydrogens is 704 g/mol. The van der Waals surface area contributed by atoms with Gasteiger partial charge in [-0.3, -0.25) is 0 Å². The average Bonchev–Trinajstić information content (AvgIpc) is 3.39. The van der Waals surface area contributed by atoms with E-state index in [2.05, 4.69) is 39.8 Å². The first-order chi connectivity index (χ1) is 25.4. The van der Waals surface area contributed by atoms with Gasteiger partial charge < -0.3 is 69.6 Å². The summed E-state index contributed by atoms with van der Waals surface area (Å²) in [5.74, 6) is -0.636. The van der Waals surface area contributed by atoms with Crippen LogP contribution in [-0.2, 0) is 23.7 Å². The van der Waals surface area contributed by atoms with Crippen molar-refractivity contribution < 1.29 is 69.6 Å². The van der Waals surface area contributed by atoms with Crippen LogP contribution in [-0.4, -0.2) is 152 Å². The van der Waals surface area contributed by atoms with Crippen LogP contribution in [0.2, 0.25) is 0 Å². The number of rotatable bonds is 11. The largest absolute Gasteiger partial charge is 0.393 e. The van der Waals surface area contributed by atoms with Crippen LogP contribution < -0.4 is 0 Å². The van der Waals surface area contributed by atoms with Gasteiger partial charge in [-0.15, -0.1) is 0 Å². The van der Waals surface area contributed by atoms with Crippen LogP contribution >= 0.6 is 0 Å². The molecule has 2 aliphatic heterocycles. The Morgan fingerprint density at radius 1 is 0.741 bits per heavy atom. The fraction of sp³-hybridized carbons (Fsp3) is 0.950. The number of allylic oxidation sites excluding steroid dienone is 2. The highest BCUT2D eigenvalue weighted by atomic mass is 16.8. The molecule has 0 spiro atoms. The third-order valence-electron chi connectivity index (χ3n) is 15.1. The number of aliphatic hydroxyl groups excluding tert-OH is 8. The highest BCUT2D eigenvalue weighted by Crippen LogP contribution is 2.69. The molecule has 6 fully saturated rings. The van der Waals surface area contributed by atoms with Gasteiger partial charge in [0.1, 0.15) is 36.6 Å². The summed E-state index contributed by atoms with van der Waals surface area (Å²) >= 11 is 0. The Hall–Kier alpha value is -0.820. The van der Waals surface area contributed by atoms with Gasteiger partial charge in [0.25, 0.3) is 0 Å². The molecule has 0 aromatic carbocycles. The molecule has 0 aromatic heterocycles. The lowest BCUT2D eigenvalue weighted by Crippen LogP contribution is -2.70. The fourth-order valence-electron chi connectivity index (χ4n) is 12.2. The van der Waals surface area contributed by atoms with Gasteiger partial charge in [0.05, 0.1) is 49.8 Å². The molecule has 14 heteroatoms. The standard InChI is InChI=1S/C40H68O14/c1-19(2)21(11-14-51-36-34(32(48)27(45)17-52-36)54-37-33(50-6)31(47)26(44)18-53-37)8-7-20(3)22-15-24(42)35-38(22,4)13-10-28-39(5)12-9-23(41)30(46)29(39)25(43)16-40(28,35)49/h7-8,19-37,41-49H,9-18H2,1-6H3. The predicted octanol–water partition coefficient (Wildman–Crippen LogP) is 0.461. The Balaban J connectivity index is 1.10. The minimum Gasteiger partial charge on any atom is -0.393 e. The van der Waals surface area contributed by atoms with E-state index in [0.717, 1.165) is 12.8 Å². The zero-order valence-electron chi connectivity index (χ0n) is 32.8. The Morgan fingerprint density at radius 2 is 1.37 bits per heavy atom. The quantitative estimate of drug-likeness (QED) is 0.130. The molecule has 4 aliphatic carbocycles. The second kappa shape index (κ2) is 16.4. The van der Waals surface area contributed by atoms with Gasteiger partial charge in [-0.25, -0.2) is 0 Å². The normalized spacial score (nSPS) is 52.1. The van der Waals surface area contributed by atoms with Crippen molar-refractivity contribution in [3.63, 3.8) is 0 Å². The number of fused-ring (bicyclic) bond motifs is 5. The summed E-state index contributed by atoms with van der Waals surface area (Å²) in [7, 11) is 1.34. The molecule has 312 valence electrons. The average molecular weight is 773 g/mol. The lowest BCUT2D eigenvalue weighted by molar-refractivity contribution is -0.345. The third kappa shape index (κ3) is 7.49. The first kappa shape index (κ1) is 42.8. The molecule has 2 heterocycles. The van der Waals surface area contributed by atoms with Gasteiger partial charge >= 0.3 is 0 Å². The molecule has 0 amide bonds. The lowest BCUT2D eigenvalue weighted by Gasteiger charge is -2.66. The monoisotopic (exact) mass is 772 g/mol. The Bertz CT molecular complexity index is 1290. The van der Waals surface area contributed by atoms with Gasteiger partial charge in [0.2, 0.25) is 0 Å². The first-order valence-corrected chi connectivity index (χ1v) is 20.3. The molecule has 14 nitrogen and oxygen atoms in total. The second-order valence-electron chi connectivity index (χ2n) is 18.5. The van der Waals surface area contributed by atoms with Gasteiger partial charge in [-0.1, -0.05) is 46.8 Å². The zero-order valence-corrected chi connectivity index (χ0v) is 32.8. The molecule has 21 unspecified atom stereocenters. The van der Waals surface area contributed by atoms with Crippen LogP contribution in [0.25, 0.3) is 0 Å². The van der Waals surface area contributed by atoms with E-state index in [4.69, 9.17) is 23.7 Å². The van der Waals surface area contributed by atoms with Crippen LogP contribution in [0.5, 0.6) is 0 Å². The summed E-state index contributed by atoms with van der Waals surface area (Å²) in [6, 6.07) is 0. The maximum Gasteiger partial charge on any atom is 0.187 e. The first-order valence-electron chi connectivity index (χ1n) is 20.3. The maximum atomic E-state index is 12.6. The van der Waals surface area contributed by atoms with E-state index in [1.54, 1.807) is 0 Å². The topological polar surface area (TPSA) is 228 Å². The van der Waals surface area contributed by atoms with Crippen molar-refractivity contribution in [1.82, 2.24) is 0 Å². The third-order valence-corrected chi connectivity index (χ3v) is 15.1. The SMILES string of the molecule is COC1C(OC2C(OCCC(C=CC(C)C3CC(O)C4C3(C)CCC3C5(C)CCC(O)C(O)C5C(O)CC34O)C(C)C)OCC(O)C2O)OCC(O)C1O. The molecule has 6 rings (SSSR count). The second-order valence-corrected chi connectivity index (χ2v) is 18.5. The molecule has 0 bridgehead atoms. The van der Waals surface area contributed by atoms with Gasteiger partial charge in [0.15, 0.2) is 12.6 Å². The van der Waals surface area contributed by atoms with Crippen LogP contribution in [0.4, 0.5) is 0 Å². The summed E-state index contributed by atoms with van der Waals surface area (Å²) in [5, 5.41) is 98.8. The summed E-state index contributed by atoms with van der Waals surface area (Å²) in [6.45, 7) is 10.5. The van der Waals surface area contributed by atoms with E-state index in [-0.39, 0.29) is 61.2 Å². The summed E-state index contributed by atoms with van der Waals surface area (Å²) in [5.41, 5.74) is -2.23. The van der Waals surface area contributed by atoms with E-state index >= 15 is 0 Å². The Labute approximate surface area is 319 Å². The number of hydrogen-bond donors (Lipinski definition) is 9. The van der Waals surface area contributed by atoms with E-state index in [9.17, 15) is 46.0 Å². The van der Waals surface area contributed by atoms with Crippen LogP contribution in [0.1, 0.15) is 79.6 Å². The molecular formula is C40H68O14. The van der Waals surface area contributed by atoms with E-state index < -0.39 is 96.5 Å². The summed E-state index contributed by atoms with van der Waals surface area (Å²) < 4.78 is 28.7. The molecule has 4 saturated carbocycles. The molecule has 9 N–H and O–H groups in total. The van der Waals surface area contributed by atoms with Gasteiger partial charge in [-0.05, 0) is 78.9 Å². The fourth-order valence-corrected chi connectivity index (χ4v) is 12.2. The number of ether oxygens (including phenoxy) is 5. The van der Waals surface area contributed by atoms with Crippen molar-refractivity contribution >= 4 is 0 Å². The minimum absolute atomic E-state index is 0.0731. The highest BCUT2D eigenvalue weighted by molar-refractivity contribution is 5.21. The van der Waals surface area contributed by atoms with Crippen molar-refractivity contribution in [2.45, 2.75) is 159 Å². The number of aliphatic hydroxyl groups is 9. The van der Waals surface area contributed by atoms with Crippen molar-refractivity contribution in [2.75, 3.05) is 26.9 Å². The Morgan fingerprint density at radius 3 is 2.02 bits per heavy atom. The summed E-state index contributed by atoms with van der Waals surface area (Å²) in [4.78, 5) is 0. The van der Waals surface area contributed by atoms with Crippen molar-refractivity contribution in [3.05, 3.63) is 12.2 Å². The number of methoxy groups -OCH3 is 1. The predicted molar refractivity (Wildman–Crippen MR) is 193 cm³/mol. The molecule has 0 radical (unpaired) electrons. The molecule has 0 aromatic rings. The van der Waals surface area contributed by atoms with E-state index in [1.165, 1.54) is 7.11 Å². The number of hydrogen-bond acceptors (Lipinski definition) is 14. The van der Waals surface area contributed by atoms with Crippen LogP contribution in [0, 0.1) is 52.3 Å². The smallest absolute Gasteiger partial charge is 0.187 e. The lowest BCUT2D eigenvalue weighted by atomic mass is 9.41. The highest BCUT2D eigenvalue weighted by Gasteiger charge is 2.71. The Kier molecular flexibility index (Phi) is 13.0. The van der Waals surface area contributed by atoms with Crippen LogP contribution in [0.15, 0.2) is 12.2 Å².